The summed E-state index contributed by atoms with van der Waals surface area (Å²) < 4.78 is 0. The Morgan fingerprint density at radius 3 is 2.89 bits per heavy atom. The Hall–Kier alpha value is -1.87. The Kier molecular flexibility index (Phi) is 2.99. The van der Waals surface area contributed by atoms with Crippen molar-refractivity contribution < 1.29 is 7.65 Å². The van der Waals surface area contributed by atoms with Gasteiger partial charge in [0.05, 0.1) is 6.04 Å². The summed E-state index contributed by atoms with van der Waals surface area (Å²) in [4.78, 5) is 12.1. The van der Waals surface area contributed by atoms with Gasteiger partial charge in [-0.15, -0.1) is 0 Å². The second-order valence-corrected chi connectivity index (χ2v) is 4.66. The molecule has 18 heavy (non-hydrogen) atoms. The first kappa shape index (κ1) is 11.2. The molecule has 2 N–H and O–H groups in total. The Morgan fingerprint density at radius 1 is 1.22 bits per heavy atom. The van der Waals surface area contributed by atoms with Gasteiger partial charge < -0.3 is 10.6 Å². The lowest BCUT2D eigenvalue weighted by Crippen LogP contribution is -2.35. The van der Waals surface area contributed by atoms with Crippen LogP contribution in [0.15, 0.2) is 42.5 Å². The lowest BCUT2D eigenvalue weighted by Gasteiger charge is -2.12. The molecule has 1 heterocycles. The molecule has 2 aromatic rings. The van der Waals surface area contributed by atoms with E-state index in [0.29, 0.717) is 0 Å². The van der Waals surface area contributed by atoms with Gasteiger partial charge in [-0.1, -0.05) is 36.4 Å². The van der Waals surface area contributed by atoms with E-state index in [9.17, 15) is 4.79 Å². The van der Waals surface area contributed by atoms with Crippen molar-refractivity contribution in [1.82, 2.24) is 5.32 Å². The highest BCUT2D eigenvalue weighted by atomic mass is 16.2. The summed E-state index contributed by atoms with van der Waals surface area (Å²) in [5.41, 5.74) is 0.895. The Balaban J connectivity index is 0.000001000. The molecule has 0 radical (unpaired) electrons. The van der Waals surface area contributed by atoms with Crippen LogP contribution in [0.1, 0.15) is 15.7 Å². The molecule has 3 rings (SSSR count). The van der Waals surface area contributed by atoms with Crippen LogP contribution >= 0.6 is 0 Å². The number of carbonyl (C=O) groups excluding carboxylic acids is 1. The van der Waals surface area contributed by atoms with Gasteiger partial charge in [-0.05, 0) is 30.8 Å². The molecule has 0 aliphatic carbocycles. The van der Waals surface area contributed by atoms with Gasteiger partial charge in [0.15, 0.2) is 0 Å². The first-order chi connectivity index (χ1) is 8.84. The van der Waals surface area contributed by atoms with Gasteiger partial charge in [-0.3, -0.25) is 4.79 Å². The van der Waals surface area contributed by atoms with Crippen LogP contribution in [0, 0.1) is 0 Å². The van der Waals surface area contributed by atoms with E-state index in [1.165, 1.54) is 0 Å². The fourth-order valence-electron chi connectivity index (χ4n) is 2.46. The average molecular weight is 244 g/mol. The average Bonchev–Trinajstić information content (AvgIpc) is 2.93. The minimum absolute atomic E-state index is 0. The number of benzene rings is 2. The van der Waals surface area contributed by atoms with Crippen LogP contribution in [-0.4, -0.2) is 18.5 Å². The maximum absolute atomic E-state index is 12.1. The molecule has 2 aromatic carbocycles. The molecule has 96 valence electrons. The van der Waals surface area contributed by atoms with Crippen LogP contribution in [0.5, 0.6) is 0 Å². The molecular weight excluding hydrogens is 224 g/mol. The Morgan fingerprint density at radius 2 is 2.06 bits per heavy atom. The van der Waals surface area contributed by atoms with Crippen molar-refractivity contribution in [3.05, 3.63) is 42.5 Å². The summed E-state index contributed by atoms with van der Waals surface area (Å²) in [6.45, 7) is 0.938. The predicted octanol–water partition coefficient (Wildman–Crippen LogP) is 3.02. The van der Waals surface area contributed by atoms with E-state index in [-0.39, 0.29) is 14.8 Å². The maximum Gasteiger partial charge on any atom is 0.241 e. The molecule has 0 unspecified atom stereocenters. The SMILES string of the molecule is O=C(Nc1cccc2ccccc12)[C@@H]1CCCN1.[HH].[HH]. The molecular formula is C15H20N2O. The lowest BCUT2D eigenvalue weighted by atomic mass is 10.1. The zero-order valence-corrected chi connectivity index (χ0v) is 10.1. The van der Waals surface area contributed by atoms with E-state index in [1.54, 1.807) is 0 Å². The molecule has 1 amide bonds. The first-order valence-corrected chi connectivity index (χ1v) is 6.36. The highest BCUT2D eigenvalue weighted by molar-refractivity contribution is 6.03. The van der Waals surface area contributed by atoms with Crippen molar-refractivity contribution >= 4 is 22.4 Å². The molecule has 1 atom stereocenters. The molecule has 0 saturated carbocycles. The third kappa shape index (κ3) is 2.09. The monoisotopic (exact) mass is 244 g/mol. The highest BCUT2D eigenvalue weighted by Crippen LogP contribution is 2.23. The van der Waals surface area contributed by atoms with Crippen molar-refractivity contribution in [2.24, 2.45) is 0 Å². The van der Waals surface area contributed by atoms with Crippen LogP contribution in [0.25, 0.3) is 10.8 Å². The number of fused-ring (bicyclic) bond motifs is 1. The van der Waals surface area contributed by atoms with E-state index in [0.717, 1.165) is 35.8 Å². The van der Waals surface area contributed by atoms with Gasteiger partial charge in [0, 0.05) is 13.9 Å². The second-order valence-electron chi connectivity index (χ2n) is 4.66. The third-order valence-corrected chi connectivity index (χ3v) is 3.42. The lowest BCUT2D eigenvalue weighted by molar-refractivity contribution is -0.117. The number of hydrogen-bond donors (Lipinski definition) is 2. The summed E-state index contributed by atoms with van der Waals surface area (Å²) in [6, 6.07) is 14.0. The topological polar surface area (TPSA) is 41.1 Å². The summed E-state index contributed by atoms with van der Waals surface area (Å²) in [5, 5.41) is 8.48. The predicted molar refractivity (Wildman–Crippen MR) is 77.8 cm³/mol. The fourth-order valence-corrected chi connectivity index (χ4v) is 2.46. The highest BCUT2D eigenvalue weighted by Gasteiger charge is 2.22. The molecule has 3 nitrogen and oxygen atoms in total. The first-order valence-electron chi connectivity index (χ1n) is 6.36. The standard InChI is InChI=1S/C15H16N2O.2H2/c18-15(14-9-4-10-16-14)17-13-8-3-6-11-5-1-2-7-12(11)13;;/h1-3,5-8,14,16H,4,9-10H2,(H,17,18);2*1H/t14-;;/m0../s1. The molecule has 0 bridgehead atoms. The van der Waals surface area contributed by atoms with Gasteiger partial charge in [0.25, 0.3) is 0 Å². The maximum atomic E-state index is 12.1. The summed E-state index contributed by atoms with van der Waals surface area (Å²) in [7, 11) is 0. The van der Waals surface area contributed by atoms with E-state index >= 15 is 0 Å². The smallest absolute Gasteiger partial charge is 0.241 e. The van der Waals surface area contributed by atoms with Crippen LogP contribution in [-0.2, 0) is 4.79 Å². The largest absolute Gasteiger partial charge is 0.324 e. The molecule has 0 aromatic heterocycles. The second kappa shape index (κ2) is 4.78. The molecule has 1 fully saturated rings. The molecule has 1 saturated heterocycles. The number of rotatable bonds is 2. The van der Waals surface area contributed by atoms with Crippen molar-refractivity contribution in [2.45, 2.75) is 18.9 Å². The van der Waals surface area contributed by atoms with E-state index < -0.39 is 0 Å². The zero-order valence-electron chi connectivity index (χ0n) is 10.1. The van der Waals surface area contributed by atoms with Crippen molar-refractivity contribution in [2.75, 3.05) is 11.9 Å². The van der Waals surface area contributed by atoms with Crippen LogP contribution in [0.2, 0.25) is 0 Å². The normalized spacial score (nSPS) is 19.0. The molecule has 3 heteroatoms. The molecule has 1 aliphatic heterocycles. The fraction of sp³-hybridized carbons (Fsp3) is 0.267. The number of anilines is 1. The van der Waals surface area contributed by atoms with Crippen molar-refractivity contribution in [1.29, 1.82) is 0 Å². The summed E-state index contributed by atoms with van der Waals surface area (Å²) in [6.07, 6.45) is 2.00. The minimum Gasteiger partial charge on any atom is -0.324 e. The number of carbonyl (C=O) groups is 1. The molecule has 1 aliphatic rings. The number of nitrogens with one attached hydrogen (secondary N) is 2. The van der Waals surface area contributed by atoms with Gasteiger partial charge in [-0.2, -0.15) is 0 Å². The van der Waals surface area contributed by atoms with E-state index in [4.69, 9.17) is 0 Å². The van der Waals surface area contributed by atoms with Crippen LogP contribution in [0.3, 0.4) is 0 Å². The van der Waals surface area contributed by atoms with E-state index in [1.807, 2.05) is 30.3 Å². The zero-order chi connectivity index (χ0) is 12.4. The number of amides is 1. The van der Waals surface area contributed by atoms with Gasteiger partial charge >= 0.3 is 0 Å². The molecule has 0 spiro atoms. The van der Waals surface area contributed by atoms with Gasteiger partial charge in [0.2, 0.25) is 5.91 Å². The van der Waals surface area contributed by atoms with E-state index in [2.05, 4.69) is 22.8 Å². The Labute approximate surface area is 109 Å². The minimum atomic E-state index is -0.0380. The van der Waals surface area contributed by atoms with Crippen LogP contribution < -0.4 is 10.6 Å². The van der Waals surface area contributed by atoms with Gasteiger partial charge in [0.1, 0.15) is 0 Å². The van der Waals surface area contributed by atoms with Crippen molar-refractivity contribution in [3.63, 3.8) is 0 Å². The van der Waals surface area contributed by atoms with Crippen molar-refractivity contribution in [3.8, 4) is 0 Å². The quantitative estimate of drug-likeness (QED) is 0.852. The van der Waals surface area contributed by atoms with Crippen LogP contribution in [0.4, 0.5) is 5.69 Å². The third-order valence-electron chi connectivity index (χ3n) is 3.42. The van der Waals surface area contributed by atoms with Gasteiger partial charge in [-0.25, -0.2) is 0 Å². The summed E-state index contributed by atoms with van der Waals surface area (Å²) in [5.74, 6) is 0.0730. The Bertz CT molecular complexity index is 578. The number of hydrogen-bond acceptors (Lipinski definition) is 2. The summed E-state index contributed by atoms with van der Waals surface area (Å²) >= 11 is 0.